The molecule has 1 saturated heterocycles. The first kappa shape index (κ1) is 33.7. The van der Waals surface area contributed by atoms with Gasteiger partial charge < -0.3 is 25.6 Å². The molecule has 5 N–H and O–H groups in total. The van der Waals surface area contributed by atoms with E-state index in [-0.39, 0.29) is 17.5 Å². The van der Waals surface area contributed by atoms with Crippen molar-refractivity contribution >= 4 is 32.8 Å². The highest BCUT2D eigenvalue weighted by molar-refractivity contribution is 7.89. The van der Waals surface area contributed by atoms with E-state index in [4.69, 9.17) is 20.1 Å². The van der Waals surface area contributed by atoms with E-state index >= 15 is 0 Å². The Morgan fingerprint density at radius 1 is 1.11 bits per heavy atom. The number of benzene rings is 2. The van der Waals surface area contributed by atoms with Crippen molar-refractivity contribution in [3.63, 3.8) is 0 Å². The number of carboxylic acids is 1. The first-order valence-electron chi connectivity index (χ1n) is 13.9. The molecule has 0 atom stereocenters. The Labute approximate surface area is 256 Å². The van der Waals surface area contributed by atoms with Crippen LogP contribution in [0.1, 0.15) is 52.9 Å². The van der Waals surface area contributed by atoms with Crippen LogP contribution >= 0.6 is 0 Å². The van der Waals surface area contributed by atoms with Crippen molar-refractivity contribution in [1.82, 2.24) is 14.6 Å². The minimum Gasteiger partial charge on any atom is -0.475 e. The molecule has 1 fully saturated rings. The van der Waals surface area contributed by atoms with Gasteiger partial charge in [0.05, 0.1) is 29.6 Å². The summed E-state index contributed by atoms with van der Waals surface area (Å²) in [6.07, 6.45) is -0.248. The Balaban J connectivity index is 0.000000591. The molecule has 4 aromatic rings. The van der Waals surface area contributed by atoms with E-state index < -0.39 is 28.1 Å². The van der Waals surface area contributed by atoms with Crippen LogP contribution in [0.25, 0.3) is 22.0 Å². The first-order chi connectivity index (χ1) is 21.2. The Bertz CT molecular complexity index is 1760. The van der Waals surface area contributed by atoms with Crippen LogP contribution in [0.2, 0.25) is 0 Å². The summed E-state index contributed by atoms with van der Waals surface area (Å²) in [5, 5.41) is 11.2. The molecule has 10 nitrogen and oxygen atoms in total. The zero-order valence-corrected chi connectivity index (χ0v) is 25.0. The maximum atomic E-state index is 14.7. The van der Waals surface area contributed by atoms with E-state index in [2.05, 4.69) is 10.3 Å². The number of sulfonamides is 1. The van der Waals surface area contributed by atoms with Crippen molar-refractivity contribution in [2.45, 2.75) is 44.9 Å². The van der Waals surface area contributed by atoms with Crippen molar-refractivity contribution in [1.29, 1.82) is 0 Å². The number of rotatable bonds is 9. The lowest BCUT2D eigenvalue weighted by Gasteiger charge is -2.31. The fourth-order valence-electron chi connectivity index (χ4n) is 5.24. The lowest BCUT2D eigenvalue weighted by molar-refractivity contribution is -0.192. The van der Waals surface area contributed by atoms with Gasteiger partial charge in [-0.3, -0.25) is 4.79 Å². The summed E-state index contributed by atoms with van der Waals surface area (Å²) in [5.41, 5.74) is 9.80. The third kappa shape index (κ3) is 8.29. The highest BCUT2D eigenvalue weighted by Gasteiger charge is 2.38. The average molecular weight is 653 g/mol. The van der Waals surface area contributed by atoms with E-state index in [1.54, 1.807) is 23.6 Å². The van der Waals surface area contributed by atoms with Crippen LogP contribution < -0.4 is 11.1 Å². The van der Waals surface area contributed by atoms with Gasteiger partial charge in [0.25, 0.3) is 5.91 Å². The molecule has 5 rings (SSSR count). The van der Waals surface area contributed by atoms with Crippen LogP contribution in [0.3, 0.4) is 0 Å². The largest absolute Gasteiger partial charge is 0.490 e. The van der Waals surface area contributed by atoms with Gasteiger partial charge in [-0.1, -0.05) is 0 Å². The number of amides is 1. The number of alkyl halides is 3. The van der Waals surface area contributed by atoms with Gasteiger partial charge in [0, 0.05) is 31.2 Å². The Hall–Kier alpha value is -4.21. The minimum atomic E-state index is -5.08. The molecule has 1 aliphatic rings. The summed E-state index contributed by atoms with van der Waals surface area (Å²) < 4.78 is 77.9. The van der Waals surface area contributed by atoms with Gasteiger partial charge in [-0.2, -0.15) is 13.2 Å². The molecule has 1 aliphatic heterocycles. The molecular weight excluding hydrogens is 620 g/mol. The maximum absolute atomic E-state index is 14.7. The monoisotopic (exact) mass is 652 g/mol. The molecule has 0 spiro atoms. The van der Waals surface area contributed by atoms with Crippen molar-refractivity contribution < 1.29 is 45.1 Å². The van der Waals surface area contributed by atoms with Crippen molar-refractivity contribution in [3.8, 4) is 11.1 Å². The number of fused-ring (bicyclic) bond motifs is 1. The number of carboxylic acid groups (broad SMARTS) is 1. The number of H-pyrrole nitrogens is 1. The molecule has 0 unspecified atom stereocenters. The summed E-state index contributed by atoms with van der Waals surface area (Å²) in [7, 11) is -3.23. The van der Waals surface area contributed by atoms with Crippen LogP contribution in [0.4, 0.5) is 17.6 Å². The van der Waals surface area contributed by atoms with E-state index in [9.17, 15) is 30.8 Å². The zero-order chi connectivity index (χ0) is 32.9. The summed E-state index contributed by atoms with van der Waals surface area (Å²) in [4.78, 5) is 24.5. The highest BCUT2D eigenvalue weighted by Crippen LogP contribution is 2.37. The number of aromatic amines is 1. The smallest absolute Gasteiger partial charge is 0.475 e. The third-order valence-electron chi connectivity index (χ3n) is 7.48. The number of furan rings is 1. The Morgan fingerprint density at radius 3 is 2.36 bits per heavy atom. The molecule has 0 saturated carbocycles. The van der Waals surface area contributed by atoms with Gasteiger partial charge in [-0.05, 0) is 90.4 Å². The highest BCUT2D eigenvalue weighted by atomic mass is 32.2. The minimum absolute atomic E-state index is 0.0874. The fraction of sp³-hybridized carbons (Fsp3) is 0.333. The standard InChI is InChI=1S/C28H31FN4O4S.C2HF3O2/c1-2-38(35,36)33-7-5-19(6-8-33)26-17-32-27-24(26)13-21(14-25(27)28(30)34)20-10-18(11-22(29)12-20)15-31-16-23-4-3-9-37-23;3-2(4,5)1(6)7/h3-4,9-14,17,19,31-32H,2,5-8,15-16H2,1H3,(H2,30,34);(H,6,7). The van der Waals surface area contributed by atoms with E-state index in [1.165, 1.54) is 12.1 Å². The summed E-state index contributed by atoms with van der Waals surface area (Å²) in [6, 6.07) is 12.1. The molecule has 2 aromatic carbocycles. The molecule has 0 aliphatic carbocycles. The zero-order valence-electron chi connectivity index (χ0n) is 24.2. The molecule has 242 valence electrons. The fourth-order valence-corrected chi connectivity index (χ4v) is 6.37. The molecule has 2 aromatic heterocycles. The van der Waals surface area contributed by atoms with E-state index in [1.807, 2.05) is 30.5 Å². The van der Waals surface area contributed by atoms with E-state index in [0.717, 1.165) is 22.3 Å². The second-order valence-electron chi connectivity index (χ2n) is 10.5. The first-order valence-corrected chi connectivity index (χ1v) is 15.6. The Morgan fingerprint density at radius 2 is 1.78 bits per heavy atom. The number of primary amides is 1. The molecule has 15 heteroatoms. The van der Waals surface area contributed by atoms with Gasteiger partial charge in [-0.15, -0.1) is 0 Å². The number of aliphatic carboxylic acids is 1. The third-order valence-corrected chi connectivity index (χ3v) is 9.36. The van der Waals surface area contributed by atoms with Crippen molar-refractivity contribution in [3.05, 3.63) is 83.2 Å². The number of nitrogens with one attached hydrogen (secondary N) is 2. The number of hydrogen-bond acceptors (Lipinski definition) is 6. The van der Waals surface area contributed by atoms with Crippen molar-refractivity contribution in [2.24, 2.45) is 5.73 Å². The average Bonchev–Trinajstić information content (AvgIpc) is 3.66. The molecule has 0 radical (unpaired) electrons. The SMILES string of the molecule is CCS(=O)(=O)N1CCC(c2c[nH]c3c(C(N)=O)cc(-c4cc(F)cc(CNCc5ccco5)c4)cc23)CC1.O=C(O)C(F)(F)F. The predicted molar refractivity (Wildman–Crippen MR) is 158 cm³/mol. The van der Waals surface area contributed by atoms with Gasteiger partial charge in [0.15, 0.2) is 0 Å². The topological polar surface area (TPSA) is 159 Å². The predicted octanol–water partition coefficient (Wildman–Crippen LogP) is 5.12. The second kappa shape index (κ2) is 13.8. The quantitative estimate of drug-likeness (QED) is 0.183. The van der Waals surface area contributed by atoms with Crippen LogP contribution in [0, 0.1) is 5.82 Å². The number of halogens is 4. The van der Waals surface area contributed by atoms with Crippen LogP contribution in [-0.2, 0) is 27.9 Å². The number of carbonyl (C=O) groups excluding carboxylic acids is 1. The normalized spacial score (nSPS) is 14.7. The number of nitrogens with two attached hydrogens (primary N) is 1. The van der Waals surface area contributed by atoms with Gasteiger partial charge in [-0.25, -0.2) is 21.9 Å². The number of aromatic nitrogens is 1. The molecule has 45 heavy (non-hydrogen) atoms. The molecule has 1 amide bonds. The van der Waals surface area contributed by atoms with Gasteiger partial charge in [0.2, 0.25) is 10.0 Å². The number of piperidine rings is 1. The van der Waals surface area contributed by atoms with E-state index in [0.29, 0.717) is 61.2 Å². The summed E-state index contributed by atoms with van der Waals surface area (Å²) in [6.45, 7) is 3.51. The lowest BCUT2D eigenvalue weighted by atomic mass is 9.88. The number of nitrogens with zero attached hydrogens (tertiary/aromatic N) is 1. The van der Waals surface area contributed by atoms with Gasteiger partial charge in [0.1, 0.15) is 11.6 Å². The second-order valence-corrected chi connectivity index (χ2v) is 12.7. The molecule has 3 heterocycles. The molecular formula is C30H32F4N4O6S. The lowest BCUT2D eigenvalue weighted by Crippen LogP contribution is -2.38. The number of hydrogen-bond donors (Lipinski definition) is 4. The number of carbonyl (C=O) groups is 2. The van der Waals surface area contributed by atoms with Gasteiger partial charge >= 0.3 is 12.1 Å². The van der Waals surface area contributed by atoms with Crippen LogP contribution in [-0.4, -0.2) is 59.7 Å². The van der Waals surface area contributed by atoms with Crippen LogP contribution in [0.15, 0.2) is 59.3 Å². The molecule has 0 bridgehead atoms. The van der Waals surface area contributed by atoms with Crippen molar-refractivity contribution in [2.75, 3.05) is 18.8 Å². The summed E-state index contributed by atoms with van der Waals surface area (Å²) >= 11 is 0. The summed E-state index contributed by atoms with van der Waals surface area (Å²) in [5.74, 6) is -2.72. The Kier molecular flexibility index (Phi) is 10.4. The maximum Gasteiger partial charge on any atom is 0.490 e. The van der Waals surface area contributed by atoms with Crippen LogP contribution in [0.5, 0.6) is 0 Å².